The van der Waals surface area contributed by atoms with Gasteiger partial charge in [-0.05, 0) is 12.2 Å². The van der Waals surface area contributed by atoms with Gasteiger partial charge >= 0.3 is 0 Å². The summed E-state index contributed by atoms with van der Waals surface area (Å²) >= 11 is 0. The van der Waals surface area contributed by atoms with E-state index in [0.717, 1.165) is 12.1 Å². The first kappa shape index (κ1) is 6.02. The lowest BCUT2D eigenvalue weighted by Crippen LogP contribution is -1.86. The first-order chi connectivity index (χ1) is 4.43. The summed E-state index contributed by atoms with van der Waals surface area (Å²) in [4.78, 5) is 4.10. The highest BCUT2D eigenvalue weighted by Crippen LogP contribution is 1.96. The van der Waals surface area contributed by atoms with E-state index in [4.69, 9.17) is 0 Å². The van der Waals surface area contributed by atoms with Crippen LogP contribution in [0.3, 0.4) is 0 Å². The second kappa shape index (κ2) is 3.02. The third-order valence-electron chi connectivity index (χ3n) is 1.14. The van der Waals surface area contributed by atoms with Gasteiger partial charge in [0.15, 0.2) is 0 Å². The molecular formula is C8H9N. The second-order valence-electron chi connectivity index (χ2n) is 1.80. The maximum atomic E-state index is 4.10. The predicted molar refractivity (Wildman–Crippen MR) is 40.5 cm³/mol. The highest BCUT2D eigenvalue weighted by molar-refractivity contribution is 5.96. The normalized spacial score (nSPS) is 16.7. The molecule has 0 amide bonds. The minimum absolute atomic E-state index is 0.899. The lowest BCUT2D eigenvalue weighted by atomic mass is 10.2. The topological polar surface area (TPSA) is 12.4 Å². The van der Waals surface area contributed by atoms with Crippen LogP contribution < -0.4 is 0 Å². The number of nitrogens with zero attached hydrogens (tertiary/aromatic N) is 1. The summed E-state index contributed by atoms with van der Waals surface area (Å²) in [5, 5.41) is 0. The van der Waals surface area contributed by atoms with Gasteiger partial charge in [0.25, 0.3) is 0 Å². The summed E-state index contributed by atoms with van der Waals surface area (Å²) in [6.45, 7) is 3.63. The van der Waals surface area contributed by atoms with E-state index in [-0.39, 0.29) is 0 Å². The Morgan fingerprint density at radius 3 is 3.22 bits per heavy atom. The first-order valence-electron chi connectivity index (χ1n) is 2.94. The first-order valence-corrected chi connectivity index (χ1v) is 2.94. The molecule has 0 atom stereocenters. The fourth-order valence-electron chi connectivity index (χ4n) is 0.645. The third kappa shape index (κ3) is 1.68. The molecule has 1 heterocycles. The van der Waals surface area contributed by atoms with Gasteiger partial charge < -0.3 is 0 Å². The van der Waals surface area contributed by atoms with E-state index in [9.17, 15) is 0 Å². The maximum Gasteiger partial charge on any atom is 0.0435 e. The lowest BCUT2D eigenvalue weighted by molar-refractivity contribution is 1.45. The molecule has 0 N–H and O–H groups in total. The van der Waals surface area contributed by atoms with Crippen LogP contribution in [0.2, 0.25) is 0 Å². The van der Waals surface area contributed by atoms with E-state index in [1.165, 1.54) is 0 Å². The fourth-order valence-corrected chi connectivity index (χ4v) is 0.645. The van der Waals surface area contributed by atoms with Crippen LogP contribution in [0.4, 0.5) is 0 Å². The Labute approximate surface area is 55.1 Å². The van der Waals surface area contributed by atoms with Crippen molar-refractivity contribution >= 4 is 5.71 Å². The summed E-state index contributed by atoms with van der Waals surface area (Å²) in [7, 11) is 0. The van der Waals surface area contributed by atoms with Crippen molar-refractivity contribution in [1.29, 1.82) is 0 Å². The van der Waals surface area contributed by atoms with Crippen molar-refractivity contribution in [2.75, 3.05) is 0 Å². The molecule has 0 fully saturated rings. The Hall–Kier alpha value is -1.11. The van der Waals surface area contributed by atoms with Gasteiger partial charge in [-0.15, -0.1) is 0 Å². The minimum atomic E-state index is 0.899. The van der Waals surface area contributed by atoms with Crippen LogP contribution in [-0.4, -0.2) is 5.71 Å². The van der Waals surface area contributed by atoms with Gasteiger partial charge in [0.05, 0.1) is 0 Å². The van der Waals surface area contributed by atoms with Crippen LogP contribution >= 0.6 is 0 Å². The number of allylic oxidation sites excluding steroid dienone is 4. The van der Waals surface area contributed by atoms with Gasteiger partial charge in [0.2, 0.25) is 0 Å². The number of hydrogen-bond acceptors (Lipinski definition) is 1. The third-order valence-corrected chi connectivity index (χ3v) is 1.14. The maximum absolute atomic E-state index is 4.10. The molecule has 1 heteroatoms. The Morgan fingerprint density at radius 1 is 1.56 bits per heavy atom. The molecule has 0 aromatic rings. The highest BCUT2D eigenvalue weighted by Gasteiger charge is 1.88. The van der Waals surface area contributed by atoms with Crippen molar-refractivity contribution in [3.8, 4) is 0 Å². The van der Waals surface area contributed by atoms with Crippen LogP contribution in [0.25, 0.3) is 0 Å². The molecule has 1 aliphatic heterocycles. The fraction of sp³-hybridized carbons (Fsp3) is 0.125. The van der Waals surface area contributed by atoms with Crippen molar-refractivity contribution in [3.05, 3.63) is 37.1 Å². The SMILES string of the molecule is C=CC1=NC=CC=CC1. The largest absolute Gasteiger partial charge is 0.261 e. The average molecular weight is 119 g/mol. The number of aliphatic imine (C=N–C) groups is 1. The molecule has 9 heavy (non-hydrogen) atoms. The van der Waals surface area contributed by atoms with Crippen LogP contribution in [0.1, 0.15) is 6.42 Å². The molecule has 0 unspecified atom stereocenters. The van der Waals surface area contributed by atoms with E-state index in [2.05, 4.69) is 17.6 Å². The van der Waals surface area contributed by atoms with Gasteiger partial charge in [-0.1, -0.05) is 18.7 Å². The quantitative estimate of drug-likeness (QED) is 0.501. The van der Waals surface area contributed by atoms with Gasteiger partial charge in [0.1, 0.15) is 0 Å². The van der Waals surface area contributed by atoms with Crippen molar-refractivity contribution in [2.24, 2.45) is 4.99 Å². The molecule has 1 rings (SSSR count). The van der Waals surface area contributed by atoms with E-state index < -0.39 is 0 Å². The average Bonchev–Trinajstić information content (AvgIpc) is 2.13. The van der Waals surface area contributed by atoms with E-state index in [1.807, 2.05) is 12.2 Å². The zero-order valence-electron chi connectivity index (χ0n) is 5.25. The predicted octanol–water partition coefficient (Wildman–Crippen LogP) is 2.09. The van der Waals surface area contributed by atoms with Crippen molar-refractivity contribution in [2.45, 2.75) is 6.42 Å². The monoisotopic (exact) mass is 119 g/mol. The Kier molecular flexibility index (Phi) is 2.02. The number of rotatable bonds is 1. The summed E-state index contributed by atoms with van der Waals surface area (Å²) in [6.07, 6.45) is 10.4. The highest BCUT2D eigenvalue weighted by atomic mass is 14.7. The zero-order valence-corrected chi connectivity index (χ0v) is 5.25. The van der Waals surface area contributed by atoms with Crippen molar-refractivity contribution < 1.29 is 0 Å². The van der Waals surface area contributed by atoms with Crippen LogP contribution in [-0.2, 0) is 0 Å². The molecule has 0 aromatic heterocycles. The Morgan fingerprint density at radius 2 is 2.44 bits per heavy atom. The van der Waals surface area contributed by atoms with Crippen LogP contribution in [0.15, 0.2) is 42.1 Å². The van der Waals surface area contributed by atoms with Gasteiger partial charge in [-0.25, -0.2) is 0 Å². The number of hydrogen-bond donors (Lipinski definition) is 0. The summed E-state index contributed by atoms with van der Waals surface area (Å²) in [5.41, 5.74) is 1.03. The lowest BCUT2D eigenvalue weighted by Gasteiger charge is -1.88. The molecule has 0 saturated carbocycles. The molecule has 46 valence electrons. The van der Waals surface area contributed by atoms with Crippen LogP contribution in [0.5, 0.6) is 0 Å². The van der Waals surface area contributed by atoms with Gasteiger partial charge in [0, 0.05) is 18.3 Å². The molecule has 1 nitrogen and oxygen atoms in total. The molecule has 0 aliphatic carbocycles. The standard InChI is InChI=1S/C8H9N/c1-2-8-6-4-3-5-7-9-8/h2-5,7H,1,6H2. The van der Waals surface area contributed by atoms with Crippen LogP contribution in [0, 0.1) is 0 Å². The molecule has 0 spiro atoms. The van der Waals surface area contributed by atoms with E-state index >= 15 is 0 Å². The van der Waals surface area contributed by atoms with E-state index in [0.29, 0.717) is 0 Å². The van der Waals surface area contributed by atoms with E-state index in [1.54, 1.807) is 12.3 Å². The zero-order chi connectivity index (χ0) is 6.53. The molecular weight excluding hydrogens is 110 g/mol. The van der Waals surface area contributed by atoms with Crippen molar-refractivity contribution in [3.63, 3.8) is 0 Å². The summed E-state index contributed by atoms with van der Waals surface area (Å²) < 4.78 is 0. The van der Waals surface area contributed by atoms with Gasteiger partial charge in [-0.3, -0.25) is 4.99 Å². The summed E-state index contributed by atoms with van der Waals surface area (Å²) in [5.74, 6) is 0. The Bertz CT molecular complexity index is 185. The molecule has 0 saturated heterocycles. The van der Waals surface area contributed by atoms with Crippen molar-refractivity contribution in [1.82, 2.24) is 0 Å². The Balaban J connectivity index is 2.73. The minimum Gasteiger partial charge on any atom is -0.261 e. The summed E-state index contributed by atoms with van der Waals surface area (Å²) in [6, 6.07) is 0. The molecule has 1 aliphatic rings. The van der Waals surface area contributed by atoms with Gasteiger partial charge in [-0.2, -0.15) is 0 Å². The molecule has 0 bridgehead atoms. The molecule has 0 radical (unpaired) electrons. The second-order valence-corrected chi connectivity index (χ2v) is 1.80. The smallest absolute Gasteiger partial charge is 0.0435 e. The molecule has 0 aromatic carbocycles.